The fourth-order valence-corrected chi connectivity index (χ4v) is 5.37. The Morgan fingerprint density at radius 2 is 1.77 bits per heavy atom. The summed E-state index contributed by atoms with van der Waals surface area (Å²) < 4.78 is 41.8. The molecule has 3 aromatic rings. The minimum Gasteiger partial charge on any atom is -0.493 e. The van der Waals surface area contributed by atoms with Crippen LogP contribution in [0.3, 0.4) is 0 Å². The summed E-state index contributed by atoms with van der Waals surface area (Å²) in [5.41, 5.74) is 1.40. The highest BCUT2D eigenvalue weighted by Crippen LogP contribution is 2.33. The first-order valence-electron chi connectivity index (χ1n) is 11.6. The van der Waals surface area contributed by atoms with Gasteiger partial charge < -0.3 is 13.7 Å². The summed E-state index contributed by atoms with van der Waals surface area (Å²) in [7, 11) is -2.72. The van der Waals surface area contributed by atoms with Crippen molar-refractivity contribution in [2.75, 3.05) is 13.7 Å². The Balaban J connectivity index is 1.35. The van der Waals surface area contributed by atoms with Gasteiger partial charge in [-0.3, -0.25) is 10.2 Å². The Morgan fingerprint density at radius 1 is 1.03 bits per heavy atom. The summed E-state index contributed by atoms with van der Waals surface area (Å²) in [5.74, 6) is 0.0459. The zero-order chi connectivity index (χ0) is 27.6. The summed E-state index contributed by atoms with van der Waals surface area (Å²) in [6, 6.07) is 20.0. The lowest BCUT2D eigenvalue weighted by molar-refractivity contribution is -0.114. The van der Waals surface area contributed by atoms with E-state index < -0.39 is 16.0 Å². The number of aliphatic imine (C=N–C) groups is 1. The number of methoxy groups -OCH3 is 1. The second-order valence-electron chi connectivity index (χ2n) is 8.38. The minimum absolute atomic E-state index is 0.00818. The number of fused-ring (bicyclic) bond motifs is 1. The molecule has 0 bridgehead atoms. The maximum atomic E-state index is 12.8. The fourth-order valence-electron chi connectivity index (χ4n) is 3.63. The van der Waals surface area contributed by atoms with Gasteiger partial charge in [-0.05, 0) is 66.7 Å². The predicted molar refractivity (Wildman–Crippen MR) is 149 cm³/mol. The van der Waals surface area contributed by atoms with E-state index in [-0.39, 0.29) is 39.6 Å². The fraction of sp³-hybridized carbons (Fsp3) is 0.111. The van der Waals surface area contributed by atoms with Gasteiger partial charge in [0.2, 0.25) is 5.17 Å². The number of nitrogens with zero attached hydrogens (tertiary/aromatic N) is 3. The van der Waals surface area contributed by atoms with Gasteiger partial charge in [-0.2, -0.15) is 23.5 Å². The van der Waals surface area contributed by atoms with Crippen molar-refractivity contribution in [2.45, 2.75) is 11.8 Å². The number of aryl methyl sites for hydroxylation is 1. The predicted octanol–water partition coefficient (Wildman–Crippen LogP) is 4.47. The van der Waals surface area contributed by atoms with E-state index in [1.54, 1.807) is 18.2 Å². The molecule has 0 unspecified atom stereocenters. The summed E-state index contributed by atoms with van der Waals surface area (Å²) in [5, 5.41) is 15.1. The van der Waals surface area contributed by atoms with Crippen LogP contribution < -0.4 is 13.7 Å². The highest BCUT2D eigenvalue weighted by molar-refractivity contribution is 8.27. The lowest BCUT2D eigenvalue weighted by Gasteiger charge is -2.20. The number of carbonyl (C=O) groups is 1. The monoisotopic (exact) mass is 562 g/mol. The average molecular weight is 563 g/mol. The van der Waals surface area contributed by atoms with Gasteiger partial charge in [0.25, 0.3) is 5.91 Å². The lowest BCUT2D eigenvalue weighted by Crippen LogP contribution is -2.35. The number of amidine groups is 2. The molecule has 1 N–H and O–H groups in total. The normalized spacial score (nSPS) is 16.1. The topological polar surface area (TPSA) is 131 Å². The van der Waals surface area contributed by atoms with Crippen LogP contribution in [0.1, 0.15) is 11.1 Å². The number of ether oxygens (including phenoxy) is 2. The third kappa shape index (κ3) is 5.71. The van der Waals surface area contributed by atoms with Gasteiger partial charge in [-0.25, -0.2) is 0 Å². The summed E-state index contributed by atoms with van der Waals surface area (Å²) >= 11 is 1.16. The van der Waals surface area contributed by atoms with Gasteiger partial charge in [0, 0.05) is 0 Å². The highest BCUT2D eigenvalue weighted by atomic mass is 32.2. The van der Waals surface area contributed by atoms with Crippen LogP contribution in [0.15, 0.2) is 93.4 Å². The molecule has 10 nitrogen and oxygen atoms in total. The Morgan fingerprint density at radius 3 is 2.49 bits per heavy atom. The molecule has 5 rings (SSSR count). The molecule has 2 aliphatic rings. The summed E-state index contributed by atoms with van der Waals surface area (Å²) in [4.78, 5) is 16.9. The molecule has 198 valence electrons. The van der Waals surface area contributed by atoms with Crippen molar-refractivity contribution in [3.05, 3.63) is 89.5 Å². The number of hydrazone groups is 1. The first-order valence-corrected chi connectivity index (χ1v) is 13.8. The molecule has 1 amide bonds. The largest absolute Gasteiger partial charge is 0.493 e. The van der Waals surface area contributed by atoms with Crippen LogP contribution in [-0.4, -0.2) is 49.1 Å². The van der Waals surface area contributed by atoms with Crippen LogP contribution in [0.5, 0.6) is 17.2 Å². The molecule has 39 heavy (non-hydrogen) atoms. The maximum absolute atomic E-state index is 12.8. The van der Waals surface area contributed by atoms with E-state index in [0.29, 0.717) is 16.4 Å². The van der Waals surface area contributed by atoms with Gasteiger partial charge in [0.1, 0.15) is 22.3 Å². The van der Waals surface area contributed by atoms with Crippen molar-refractivity contribution in [1.82, 2.24) is 5.01 Å². The van der Waals surface area contributed by atoms with Gasteiger partial charge in [0.05, 0.1) is 12.7 Å². The molecule has 0 aromatic heterocycles. The molecule has 0 saturated heterocycles. The number of hydrogen-bond donors (Lipinski definition) is 1. The van der Waals surface area contributed by atoms with Crippen LogP contribution >= 0.6 is 11.8 Å². The van der Waals surface area contributed by atoms with E-state index in [9.17, 15) is 13.2 Å². The van der Waals surface area contributed by atoms with E-state index in [0.717, 1.165) is 17.3 Å². The molecule has 12 heteroatoms. The van der Waals surface area contributed by atoms with E-state index >= 15 is 0 Å². The van der Waals surface area contributed by atoms with Crippen molar-refractivity contribution in [1.29, 1.82) is 5.41 Å². The van der Waals surface area contributed by atoms with Gasteiger partial charge in [0.15, 0.2) is 17.3 Å². The van der Waals surface area contributed by atoms with Crippen molar-refractivity contribution in [2.24, 2.45) is 10.1 Å². The van der Waals surface area contributed by atoms with Gasteiger partial charge in [-0.1, -0.05) is 42.0 Å². The number of thioether (sulfide) groups is 1. The third-order valence-electron chi connectivity index (χ3n) is 5.61. The molecule has 0 radical (unpaired) electrons. The van der Waals surface area contributed by atoms with Crippen molar-refractivity contribution in [3.63, 3.8) is 0 Å². The Kier molecular flexibility index (Phi) is 7.22. The Hall–Kier alpha value is -4.42. The van der Waals surface area contributed by atoms with E-state index in [1.807, 2.05) is 37.3 Å². The minimum atomic E-state index is -4.09. The van der Waals surface area contributed by atoms with Crippen LogP contribution in [0, 0.1) is 12.3 Å². The van der Waals surface area contributed by atoms with E-state index in [4.69, 9.17) is 19.1 Å². The Bertz CT molecular complexity index is 1650. The zero-order valence-electron chi connectivity index (χ0n) is 20.8. The molecular weight excluding hydrogens is 540 g/mol. The molecule has 0 aliphatic carbocycles. The molecule has 3 aromatic carbocycles. The number of amides is 1. The summed E-state index contributed by atoms with van der Waals surface area (Å²) in [6.07, 6.45) is 1.46. The maximum Gasteiger partial charge on any atom is 0.339 e. The quantitative estimate of drug-likeness (QED) is 0.314. The molecule has 0 spiro atoms. The molecule has 2 aliphatic heterocycles. The second kappa shape index (κ2) is 10.8. The van der Waals surface area contributed by atoms with Crippen LogP contribution in [0.2, 0.25) is 0 Å². The zero-order valence-corrected chi connectivity index (χ0v) is 22.5. The smallest absolute Gasteiger partial charge is 0.339 e. The first-order chi connectivity index (χ1) is 18.7. The highest BCUT2D eigenvalue weighted by Gasteiger charge is 2.35. The van der Waals surface area contributed by atoms with E-state index in [2.05, 4.69) is 10.1 Å². The summed E-state index contributed by atoms with van der Waals surface area (Å²) in [6.45, 7) is 2.01. The van der Waals surface area contributed by atoms with E-state index in [1.165, 1.54) is 42.5 Å². The van der Waals surface area contributed by atoms with Gasteiger partial charge in [-0.15, -0.1) is 0 Å². The van der Waals surface area contributed by atoms with Crippen LogP contribution in [0.4, 0.5) is 0 Å². The molecule has 2 heterocycles. The second-order valence-corrected chi connectivity index (χ2v) is 11.0. The Labute approximate surface area is 229 Å². The molecule has 0 fully saturated rings. The number of nitrogens with one attached hydrogen (secondary N) is 1. The molecule has 0 saturated carbocycles. The third-order valence-corrected chi connectivity index (χ3v) is 7.74. The number of hydrogen-bond acceptors (Lipinski definition) is 9. The number of para-hydroxylation sites is 1. The first kappa shape index (κ1) is 26.2. The van der Waals surface area contributed by atoms with Crippen molar-refractivity contribution >= 4 is 49.9 Å². The average Bonchev–Trinajstić information content (AvgIpc) is 3.34. The number of carbonyl (C=O) groups excluding carboxylic acids is 1. The lowest BCUT2D eigenvalue weighted by atomic mass is 10.1. The molecular formula is C27H22N4O6S2. The number of rotatable bonds is 8. The van der Waals surface area contributed by atoms with Crippen LogP contribution in [0.25, 0.3) is 6.08 Å². The van der Waals surface area contributed by atoms with Crippen molar-refractivity contribution in [3.8, 4) is 17.2 Å². The SMILES string of the molecule is COc1cc(/C=C2/C(=N)N3N=C(COc4ccccc4)SC3=NC2=O)ccc1OS(=O)(=O)c1ccc(C)cc1. The molecule has 0 atom stereocenters. The van der Waals surface area contributed by atoms with Crippen molar-refractivity contribution < 1.29 is 26.9 Å². The van der Waals surface area contributed by atoms with Crippen LogP contribution in [-0.2, 0) is 14.9 Å². The number of benzene rings is 3. The van der Waals surface area contributed by atoms with Gasteiger partial charge >= 0.3 is 10.1 Å². The standard InChI is InChI=1S/C27H22N4O6S2/c1-17-8-11-20(12-9-17)39(33,34)37-22-13-10-18(15-23(22)35-2)14-21-25(28)31-27(29-26(21)32)38-24(30-31)16-36-19-6-4-3-5-7-19/h3-15,28H,16H2,1-2H3/b21-14-,28-25?.